The average molecular weight is 141 g/mol. The van der Waals surface area contributed by atoms with Crippen LogP contribution in [0.2, 0.25) is 0 Å². The fraction of sp³-hybridized carbons (Fsp3) is 0.286. The molecule has 0 heterocycles. The Kier molecular flexibility index (Phi) is 3.25. The van der Waals surface area contributed by atoms with Crippen LogP contribution in [0, 0.1) is 0 Å². The molecule has 0 aromatic rings. The summed E-state index contributed by atoms with van der Waals surface area (Å²) in [5.41, 5.74) is 0. The molecule has 3 heteroatoms. The Balaban J connectivity index is 3.80. The van der Waals surface area contributed by atoms with E-state index in [4.69, 9.17) is 0 Å². The lowest BCUT2D eigenvalue weighted by Gasteiger charge is -2.13. The largest absolute Gasteiger partial charge is 0.407 e. The molecule has 0 aliphatic carbocycles. The molecule has 0 saturated heterocycles. The van der Waals surface area contributed by atoms with Gasteiger partial charge in [0.1, 0.15) is 0 Å². The Morgan fingerprint density at radius 2 is 2.10 bits per heavy atom. The van der Waals surface area contributed by atoms with Gasteiger partial charge >= 0.3 is 5.97 Å². The zero-order valence-corrected chi connectivity index (χ0v) is 6.26. The predicted octanol–water partition coefficient (Wildman–Crippen LogP) is 0.748. The molecule has 0 aromatic heterocycles. The normalized spacial score (nSPS) is 8.20. The first kappa shape index (κ1) is 8.75. The highest BCUT2D eigenvalue weighted by atomic mass is 16.5. The summed E-state index contributed by atoms with van der Waals surface area (Å²) < 4.78 is 4.64. The minimum absolute atomic E-state index is 0.310. The topological polar surface area (TPSA) is 29.5 Å². The zero-order chi connectivity index (χ0) is 8.15. The molecule has 0 amide bonds. The third-order valence-electron chi connectivity index (χ3n) is 0.884. The lowest BCUT2D eigenvalue weighted by Crippen LogP contribution is -2.15. The number of hydrogen-bond acceptors (Lipinski definition) is 3. The Morgan fingerprint density at radius 1 is 1.60 bits per heavy atom. The van der Waals surface area contributed by atoms with E-state index >= 15 is 0 Å². The quantitative estimate of drug-likeness (QED) is 0.330. The molecular formula is C7H11NO2. The Morgan fingerprint density at radius 3 is 2.40 bits per heavy atom. The van der Waals surface area contributed by atoms with Gasteiger partial charge in [0.2, 0.25) is 0 Å². The molecule has 10 heavy (non-hydrogen) atoms. The highest BCUT2D eigenvalue weighted by Crippen LogP contribution is 1.96. The van der Waals surface area contributed by atoms with Gasteiger partial charge in [0.25, 0.3) is 0 Å². The molecule has 0 atom stereocenters. The second-order valence-electron chi connectivity index (χ2n) is 1.91. The molecule has 3 nitrogen and oxygen atoms in total. The fourth-order valence-electron chi connectivity index (χ4n) is 0.249. The van der Waals surface area contributed by atoms with E-state index in [1.807, 2.05) is 0 Å². The summed E-state index contributed by atoms with van der Waals surface area (Å²) in [4.78, 5) is 12.1. The highest BCUT2D eigenvalue weighted by Gasteiger charge is 2.00. The van der Waals surface area contributed by atoms with Gasteiger partial charge in [0, 0.05) is 20.2 Å². The second-order valence-corrected chi connectivity index (χ2v) is 1.91. The van der Waals surface area contributed by atoms with E-state index in [1.54, 1.807) is 19.0 Å². The molecule has 0 radical (unpaired) electrons. The van der Waals surface area contributed by atoms with E-state index in [-0.39, 0.29) is 0 Å². The molecule has 0 N–H and O–H groups in total. The van der Waals surface area contributed by atoms with Gasteiger partial charge in [0.15, 0.2) is 5.88 Å². The van der Waals surface area contributed by atoms with Crippen LogP contribution in [0.4, 0.5) is 0 Å². The van der Waals surface area contributed by atoms with Crippen LogP contribution in [-0.2, 0) is 9.53 Å². The molecule has 0 rings (SSSR count). The molecule has 0 aliphatic rings. The van der Waals surface area contributed by atoms with Crippen LogP contribution in [0.5, 0.6) is 0 Å². The second kappa shape index (κ2) is 3.71. The number of hydrogen-bond donors (Lipinski definition) is 0. The molecule has 0 fully saturated rings. The van der Waals surface area contributed by atoms with Crippen molar-refractivity contribution in [3.63, 3.8) is 0 Å². The van der Waals surface area contributed by atoms with Crippen molar-refractivity contribution < 1.29 is 9.53 Å². The first-order valence-corrected chi connectivity index (χ1v) is 2.78. The fourth-order valence-corrected chi connectivity index (χ4v) is 0.249. The van der Waals surface area contributed by atoms with Crippen LogP contribution in [-0.4, -0.2) is 25.0 Å². The van der Waals surface area contributed by atoms with Crippen LogP contribution >= 0.6 is 0 Å². The van der Waals surface area contributed by atoms with Crippen molar-refractivity contribution in [3.05, 3.63) is 25.1 Å². The SMILES string of the molecule is C=CC(=O)OC(=C)N(C)C. The molecular weight excluding hydrogens is 130 g/mol. The monoisotopic (exact) mass is 141 g/mol. The smallest absolute Gasteiger partial charge is 0.336 e. The lowest BCUT2D eigenvalue weighted by molar-refractivity contribution is -0.135. The van der Waals surface area contributed by atoms with Crippen LogP contribution in [0.25, 0.3) is 0 Å². The maximum absolute atomic E-state index is 10.5. The average Bonchev–Trinajstić information content (AvgIpc) is 1.87. The summed E-state index contributed by atoms with van der Waals surface area (Å²) >= 11 is 0. The van der Waals surface area contributed by atoms with Crippen LogP contribution in [0.3, 0.4) is 0 Å². The van der Waals surface area contributed by atoms with E-state index < -0.39 is 5.97 Å². The summed E-state index contributed by atoms with van der Waals surface area (Å²) in [5, 5.41) is 0. The number of carbonyl (C=O) groups is 1. The first-order valence-electron chi connectivity index (χ1n) is 2.78. The molecule has 0 spiro atoms. The van der Waals surface area contributed by atoms with Crippen molar-refractivity contribution in [2.75, 3.05) is 14.1 Å². The van der Waals surface area contributed by atoms with Crippen LogP contribution < -0.4 is 0 Å². The summed E-state index contributed by atoms with van der Waals surface area (Å²) in [6.07, 6.45) is 1.09. The molecule has 0 aromatic carbocycles. The summed E-state index contributed by atoms with van der Waals surface area (Å²) in [5.74, 6) is -0.177. The van der Waals surface area contributed by atoms with Crippen molar-refractivity contribution >= 4 is 5.97 Å². The number of ether oxygens (including phenoxy) is 1. The molecule has 0 aliphatic heterocycles. The maximum Gasteiger partial charge on any atom is 0.336 e. The van der Waals surface area contributed by atoms with Gasteiger partial charge in [-0.05, 0) is 6.58 Å². The maximum atomic E-state index is 10.5. The minimum atomic E-state index is -0.487. The van der Waals surface area contributed by atoms with Crippen molar-refractivity contribution in [1.29, 1.82) is 0 Å². The number of nitrogens with zero attached hydrogens (tertiary/aromatic N) is 1. The van der Waals surface area contributed by atoms with Crippen molar-refractivity contribution in [1.82, 2.24) is 4.90 Å². The van der Waals surface area contributed by atoms with E-state index in [9.17, 15) is 4.79 Å². The van der Waals surface area contributed by atoms with Crippen molar-refractivity contribution in [3.8, 4) is 0 Å². The molecule has 56 valence electrons. The molecule has 0 unspecified atom stereocenters. The van der Waals surface area contributed by atoms with Crippen LogP contribution in [0.1, 0.15) is 0 Å². The first-order chi connectivity index (χ1) is 4.57. The van der Waals surface area contributed by atoms with E-state index in [2.05, 4.69) is 17.9 Å². The van der Waals surface area contributed by atoms with E-state index in [0.29, 0.717) is 5.88 Å². The molecule has 0 bridgehead atoms. The van der Waals surface area contributed by atoms with Crippen molar-refractivity contribution in [2.24, 2.45) is 0 Å². The van der Waals surface area contributed by atoms with Crippen LogP contribution in [0.15, 0.2) is 25.1 Å². The van der Waals surface area contributed by atoms with Gasteiger partial charge in [-0.25, -0.2) is 4.79 Å². The standard InChI is InChI=1S/C7H11NO2/c1-5-7(9)10-6(2)8(3)4/h5H,1-2H2,3-4H3. The van der Waals surface area contributed by atoms with Crippen molar-refractivity contribution in [2.45, 2.75) is 0 Å². The van der Waals surface area contributed by atoms with E-state index in [0.717, 1.165) is 6.08 Å². The van der Waals surface area contributed by atoms with Gasteiger partial charge in [-0.2, -0.15) is 0 Å². The van der Waals surface area contributed by atoms with E-state index in [1.165, 1.54) is 0 Å². The number of esters is 1. The zero-order valence-electron chi connectivity index (χ0n) is 6.26. The minimum Gasteiger partial charge on any atom is -0.407 e. The molecule has 0 saturated carbocycles. The summed E-state index contributed by atoms with van der Waals surface area (Å²) in [6, 6.07) is 0. The lowest BCUT2D eigenvalue weighted by atomic mass is 10.6. The number of carbonyl (C=O) groups excluding carboxylic acids is 1. The predicted molar refractivity (Wildman–Crippen MR) is 39.1 cm³/mol. The Bertz CT molecular complexity index is 161. The van der Waals surface area contributed by atoms with Gasteiger partial charge in [-0.3, -0.25) is 0 Å². The van der Waals surface area contributed by atoms with Gasteiger partial charge < -0.3 is 9.64 Å². The Labute approximate surface area is 60.6 Å². The summed E-state index contributed by atoms with van der Waals surface area (Å²) in [6.45, 7) is 6.72. The summed E-state index contributed by atoms with van der Waals surface area (Å²) in [7, 11) is 3.47. The third kappa shape index (κ3) is 2.91. The van der Waals surface area contributed by atoms with Gasteiger partial charge in [0.05, 0.1) is 0 Å². The van der Waals surface area contributed by atoms with Gasteiger partial charge in [-0.1, -0.05) is 6.58 Å². The number of rotatable bonds is 3. The Hall–Kier alpha value is -1.25. The van der Waals surface area contributed by atoms with Gasteiger partial charge in [-0.15, -0.1) is 0 Å². The third-order valence-corrected chi connectivity index (χ3v) is 0.884. The highest BCUT2D eigenvalue weighted by molar-refractivity contribution is 5.81.